The van der Waals surface area contributed by atoms with E-state index in [2.05, 4.69) is 5.32 Å². The summed E-state index contributed by atoms with van der Waals surface area (Å²) < 4.78 is 0. The number of nitrogens with zero attached hydrogens (tertiary/aromatic N) is 1. The first-order valence-corrected chi connectivity index (χ1v) is 9.48. The molecule has 0 unspecified atom stereocenters. The summed E-state index contributed by atoms with van der Waals surface area (Å²) in [6, 6.07) is 21.6. The standard InChI is InChI=1S/C24H22N2O3/c1-16-9-8-10-17(2)22(16)25-21(27)15-26-20-14-7-6-13-19(20)24(29,23(26)28)18-11-4-3-5-12-18/h3-14,29H,15H2,1-2H3,(H,25,27)/t24-/m0/s1. The molecule has 1 heterocycles. The fraction of sp³-hybridized carbons (Fsp3) is 0.167. The fourth-order valence-corrected chi connectivity index (χ4v) is 3.88. The number of aliphatic hydroxyl groups is 1. The zero-order valence-electron chi connectivity index (χ0n) is 16.3. The Bertz CT molecular complexity index is 1070. The van der Waals surface area contributed by atoms with Crippen molar-refractivity contribution in [1.82, 2.24) is 0 Å². The molecule has 0 saturated carbocycles. The number of amides is 2. The van der Waals surface area contributed by atoms with Gasteiger partial charge in [0.25, 0.3) is 5.91 Å². The molecule has 1 atom stereocenters. The number of aryl methyl sites for hydroxylation is 2. The average Bonchev–Trinajstić information content (AvgIpc) is 2.94. The number of benzene rings is 3. The molecule has 3 aromatic carbocycles. The third-order valence-corrected chi connectivity index (χ3v) is 5.38. The molecule has 146 valence electrons. The molecule has 4 rings (SSSR count). The van der Waals surface area contributed by atoms with Crippen LogP contribution in [-0.2, 0) is 15.2 Å². The molecule has 3 aromatic rings. The summed E-state index contributed by atoms with van der Waals surface area (Å²) in [6.07, 6.45) is 0. The minimum atomic E-state index is -1.81. The van der Waals surface area contributed by atoms with Crippen LogP contribution in [0, 0.1) is 13.8 Å². The number of hydrogen-bond acceptors (Lipinski definition) is 3. The molecule has 1 aliphatic rings. The molecular formula is C24H22N2O3. The van der Waals surface area contributed by atoms with E-state index in [0.29, 0.717) is 16.8 Å². The molecule has 0 spiro atoms. The summed E-state index contributed by atoms with van der Waals surface area (Å²) in [4.78, 5) is 27.4. The predicted octanol–water partition coefficient (Wildman–Crippen LogP) is 3.52. The lowest BCUT2D eigenvalue weighted by atomic mass is 9.88. The van der Waals surface area contributed by atoms with Crippen LogP contribution < -0.4 is 10.2 Å². The predicted molar refractivity (Wildman–Crippen MR) is 113 cm³/mol. The van der Waals surface area contributed by atoms with Crippen molar-refractivity contribution in [3.63, 3.8) is 0 Å². The topological polar surface area (TPSA) is 69.6 Å². The van der Waals surface area contributed by atoms with Crippen molar-refractivity contribution in [2.75, 3.05) is 16.8 Å². The molecular weight excluding hydrogens is 364 g/mol. The van der Waals surface area contributed by atoms with Crippen LogP contribution in [0.3, 0.4) is 0 Å². The highest BCUT2D eigenvalue weighted by molar-refractivity contribution is 6.12. The van der Waals surface area contributed by atoms with Crippen molar-refractivity contribution < 1.29 is 14.7 Å². The zero-order chi connectivity index (χ0) is 20.6. The second-order valence-electron chi connectivity index (χ2n) is 7.30. The summed E-state index contributed by atoms with van der Waals surface area (Å²) >= 11 is 0. The van der Waals surface area contributed by atoms with E-state index < -0.39 is 11.5 Å². The molecule has 0 aliphatic carbocycles. The number of fused-ring (bicyclic) bond motifs is 1. The average molecular weight is 386 g/mol. The zero-order valence-corrected chi connectivity index (χ0v) is 16.3. The highest BCUT2D eigenvalue weighted by Gasteiger charge is 2.51. The van der Waals surface area contributed by atoms with Crippen LogP contribution in [0.15, 0.2) is 72.8 Å². The lowest BCUT2D eigenvalue weighted by Crippen LogP contribution is -2.44. The molecule has 5 heteroatoms. The smallest absolute Gasteiger partial charge is 0.268 e. The Balaban J connectivity index is 1.67. The van der Waals surface area contributed by atoms with Crippen molar-refractivity contribution in [2.45, 2.75) is 19.4 Å². The summed E-state index contributed by atoms with van der Waals surface area (Å²) in [5.41, 5.74) is 2.35. The fourth-order valence-electron chi connectivity index (χ4n) is 3.88. The highest BCUT2D eigenvalue weighted by atomic mass is 16.3. The lowest BCUT2D eigenvalue weighted by molar-refractivity contribution is -0.133. The van der Waals surface area contributed by atoms with Gasteiger partial charge in [0, 0.05) is 11.3 Å². The third kappa shape index (κ3) is 3.09. The number of nitrogens with one attached hydrogen (secondary N) is 1. The number of carbonyl (C=O) groups excluding carboxylic acids is 2. The van der Waals surface area contributed by atoms with Crippen LogP contribution in [0.5, 0.6) is 0 Å². The largest absolute Gasteiger partial charge is 0.372 e. The Kier molecular flexibility index (Phi) is 4.68. The van der Waals surface area contributed by atoms with Gasteiger partial charge in [0.2, 0.25) is 5.91 Å². The van der Waals surface area contributed by atoms with E-state index in [0.717, 1.165) is 16.8 Å². The maximum atomic E-state index is 13.3. The number of anilines is 2. The van der Waals surface area contributed by atoms with Crippen LogP contribution in [0.25, 0.3) is 0 Å². The van der Waals surface area contributed by atoms with Crippen LogP contribution in [0.4, 0.5) is 11.4 Å². The van der Waals surface area contributed by atoms with E-state index >= 15 is 0 Å². The summed E-state index contributed by atoms with van der Waals surface area (Å²) in [5.74, 6) is -0.843. The normalized spacial score (nSPS) is 17.9. The summed E-state index contributed by atoms with van der Waals surface area (Å²) in [5, 5.41) is 14.3. The highest BCUT2D eigenvalue weighted by Crippen LogP contribution is 2.44. The van der Waals surface area contributed by atoms with Gasteiger partial charge in [0.15, 0.2) is 5.60 Å². The maximum Gasteiger partial charge on any atom is 0.268 e. The Labute approximate surface area is 169 Å². The lowest BCUT2D eigenvalue weighted by Gasteiger charge is -2.23. The SMILES string of the molecule is Cc1cccc(C)c1NC(=O)CN1C(=O)[C@](O)(c2ccccc2)c2ccccc21. The minimum Gasteiger partial charge on any atom is -0.372 e. The van der Waals surface area contributed by atoms with Gasteiger partial charge in [-0.1, -0.05) is 66.7 Å². The number of carbonyl (C=O) groups is 2. The third-order valence-electron chi connectivity index (χ3n) is 5.38. The van der Waals surface area contributed by atoms with E-state index in [-0.39, 0.29) is 12.5 Å². The quantitative estimate of drug-likeness (QED) is 0.721. The maximum absolute atomic E-state index is 13.3. The Morgan fingerprint density at radius 2 is 1.55 bits per heavy atom. The van der Waals surface area contributed by atoms with Crippen LogP contribution >= 0.6 is 0 Å². The van der Waals surface area contributed by atoms with Gasteiger partial charge in [-0.15, -0.1) is 0 Å². The van der Waals surface area contributed by atoms with Crippen LogP contribution in [-0.4, -0.2) is 23.5 Å². The first-order valence-electron chi connectivity index (χ1n) is 9.48. The first-order chi connectivity index (χ1) is 13.9. The Hall–Kier alpha value is -3.44. The molecule has 0 saturated heterocycles. The first kappa shape index (κ1) is 18.9. The number of para-hydroxylation sites is 2. The Morgan fingerprint density at radius 3 is 2.24 bits per heavy atom. The molecule has 0 fully saturated rings. The summed E-state index contributed by atoms with van der Waals surface area (Å²) in [7, 11) is 0. The van der Waals surface area contributed by atoms with E-state index in [4.69, 9.17) is 0 Å². The van der Waals surface area contributed by atoms with Gasteiger partial charge in [-0.3, -0.25) is 14.5 Å². The van der Waals surface area contributed by atoms with Gasteiger partial charge in [-0.25, -0.2) is 0 Å². The van der Waals surface area contributed by atoms with Crippen molar-refractivity contribution in [2.24, 2.45) is 0 Å². The molecule has 0 bridgehead atoms. The number of rotatable bonds is 4. The molecule has 0 radical (unpaired) electrons. The monoisotopic (exact) mass is 386 g/mol. The van der Waals surface area contributed by atoms with Crippen molar-refractivity contribution in [1.29, 1.82) is 0 Å². The van der Waals surface area contributed by atoms with Crippen molar-refractivity contribution in [3.8, 4) is 0 Å². The van der Waals surface area contributed by atoms with Crippen molar-refractivity contribution in [3.05, 3.63) is 95.1 Å². The number of hydrogen-bond donors (Lipinski definition) is 2. The van der Waals surface area contributed by atoms with E-state index in [1.807, 2.05) is 38.1 Å². The molecule has 29 heavy (non-hydrogen) atoms. The second kappa shape index (κ2) is 7.18. The van der Waals surface area contributed by atoms with Gasteiger partial charge in [-0.05, 0) is 36.6 Å². The summed E-state index contributed by atoms with van der Waals surface area (Å²) in [6.45, 7) is 3.67. The van der Waals surface area contributed by atoms with Gasteiger partial charge in [-0.2, -0.15) is 0 Å². The van der Waals surface area contributed by atoms with Crippen LogP contribution in [0.2, 0.25) is 0 Å². The Morgan fingerprint density at radius 1 is 0.931 bits per heavy atom. The van der Waals surface area contributed by atoms with Gasteiger partial charge in [0.1, 0.15) is 6.54 Å². The minimum absolute atomic E-state index is 0.182. The molecule has 5 nitrogen and oxygen atoms in total. The van der Waals surface area contributed by atoms with E-state index in [9.17, 15) is 14.7 Å². The van der Waals surface area contributed by atoms with Gasteiger partial charge < -0.3 is 10.4 Å². The van der Waals surface area contributed by atoms with E-state index in [1.165, 1.54) is 4.90 Å². The molecule has 2 amide bonds. The second-order valence-corrected chi connectivity index (χ2v) is 7.30. The van der Waals surface area contributed by atoms with Crippen molar-refractivity contribution >= 4 is 23.2 Å². The molecule has 2 N–H and O–H groups in total. The van der Waals surface area contributed by atoms with Gasteiger partial charge >= 0.3 is 0 Å². The molecule has 1 aliphatic heterocycles. The molecule has 0 aromatic heterocycles. The van der Waals surface area contributed by atoms with E-state index in [1.54, 1.807) is 48.5 Å². The van der Waals surface area contributed by atoms with Crippen LogP contribution in [0.1, 0.15) is 22.3 Å². The van der Waals surface area contributed by atoms with Gasteiger partial charge in [0.05, 0.1) is 5.69 Å².